The zero-order chi connectivity index (χ0) is 23.3. The van der Waals surface area contributed by atoms with E-state index in [1.807, 2.05) is 0 Å². The fourth-order valence-corrected chi connectivity index (χ4v) is 3.55. The van der Waals surface area contributed by atoms with E-state index in [2.05, 4.69) is 5.32 Å². The van der Waals surface area contributed by atoms with Gasteiger partial charge >= 0.3 is 11.9 Å². The molecule has 0 spiro atoms. The van der Waals surface area contributed by atoms with Gasteiger partial charge in [-0.05, 0) is 25.7 Å². The van der Waals surface area contributed by atoms with Crippen molar-refractivity contribution >= 4 is 31.4 Å². The van der Waals surface area contributed by atoms with Gasteiger partial charge in [0.25, 0.3) is 0 Å². The standard InChI is InChI=1S/C23H42BNO6/c24-20(26)18-17-19(23(30)31)25-21(27)15-13-11-9-7-5-3-1-2-4-6-8-10-12-14-16-22(28)29/h19H,1-18,24H2,(H,25,27)(H,28,29)(H,30,31)/t19-/m0/s1. The van der Waals surface area contributed by atoms with Gasteiger partial charge in [-0.25, -0.2) is 4.79 Å². The van der Waals surface area contributed by atoms with Crippen LogP contribution >= 0.6 is 0 Å². The summed E-state index contributed by atoms with van der Waals surface area (Å²) in [5.74, 6) is -2.04. The predicted octanol–water partition coefficient (Wildman–Crippen LogP) is 3.82. The van der Waals surface area contributed by atoms with Crippen molar-refractivity contribution in [3.05, 3.63) is 0 Å². The summed E-state index contributed by atoms with van der Waals surface area (Å²) in [6.07, 6.45) is 16.6. The zero-order valence-corrected chi connectivity index (χ0v) is 19.3. The monoisotopic (exact) mass is 439 g/mol. The molecule has 31 heavy (non-hydrogen) atoms. The van der Waals surface area contributed by atoms with Crippen molar-refractivity contribution in [2.75, 3.05) is 0 Å². The summed E-state index contributed by atoms with van der Waals surface area (Å²) in [5.41, 5.74) is -0.0783. The Balaban J connectivity index is 3.43. The maximum Gasteiger partial charge on any atom is 0.326 e. The van der Waals surface area contributed by atoms with E-state index in [9.17, 15) is 19.2 Å². The minimum Gasteiger partial charge on any atom is -0.481 e. The van der Waals surface area contributed by atoms with Crippen molar-refractivity contribution in [2.45, 2.75) is 122 Å². The molecule has 0 aliphatic carbocycles. The summed E-state index contributed by atoms with van der Waals surface area (Å²) in [6, 6.07) is -0.978. The molecule has 0 radical (unpaired) electrons. The van der Waals surface area contributed by atoms with Crippen LogP contribution in [0.1, 0.15) is 116 Å². The normalized spacial score (nSPS) is 11.7. The fraction of sp³-hybridized carbons (Fsp3) is 0.826. The van der Waals surface area contributed by atoms with Crippen molar-refractivity contribution < 1.29 is 29.4 Å². The highest BCUT2D eigenvalue weighted by molar-refractivity contribution is 6.57. The molecule has 0 aromatic carbocycles. The second kappa shape index (κ2) is 20.1. The van der Waals surface area contributed by atoms with E-state index in [0.717, 1.165) is 38.5 Å². The Morgan fingerprint density at radius 1 is 0.613 bits per heavy atom. The Labute approximate surface area is 188 Å². The van der Waals surface area contributed by atoms with Crippen LogP contribution in [0.2, 0.25) is 0 Å². The Morgan fingerprint density at radius 3 is 1.35 bits per heavy atom. The lowest BCUT2D eigenvalue weighted by Crippen LogP contribution is -2.41. The first-order valence-electron chi connectivity index (χ1n) is 12.1. The number of carbonyl (C=O) groups is 4. The van der Waals surface area contributed by atoms with Crippen LogP contribution in [0.25, 0.3) is 0 Å². The highest BCUT2D eigenvalue weighted by Gasteiger charge is 2.19. The molecule has 0 rings (SSSR count). The van der Waals surface area contributed by atoms with Gasteiger partial charge in [0.15, 0.2) is 7.85 Å². The van der Waals surface area contributed by atoms with Gasteiger partial charge in [-0.3, -0.25) is 9.59 Å². The van der Waals surface area contributed by atoms with Gasteiger partial charge in [-0.2, -0.15) is 0 Å². The largest absolute Gasteiger partial charge is 0.481 e. The molecule has 0 fully saturated rings. The van der Waals surface area contributed by atoms with Crippen molar-refractivity contribution in [3.63, 3.8) is 0 Å². The van der Waals surface area contributed by atoms with Crippen molar-refractivity contribution in [1.82, 2.24) is 5.32 Å². The van der Waals surface area contributed by atoms with Crippen LogP contribution in [0.4, 0.5) is 0 Å². The lowest BCUT2D eigenvalue weighted by molar-refractivity contribution is -0.142. The molecule has 0 aromatic rings. The Bertz CT molecular complexity index is 526. The van der Waals surface area contributed by atoms with E-state index >= 15 is 0 Å². The van der Waals surface area contributed by atoms with Crippen molar-refractivity contribution in [1.29, 1.82) is 0 Å². The topological polar surface area (TPSA) is 121 Å². The summed E-state index contributed by atoms with van der Waals surface area (Å²) in [5, 5.41) is 20.2. The van der Waals surface area contributed by atoms with Crippen LogP contribution in [-0.4, -0.2) is 47.6 Å². The van der Waals surface area contributed by atoms with E-state index in [1.165, 1.54) is 59.2 Å². The van der Waals surface area contributed by atoms with E-state index < -0.39 is 18.0 Å². The number of carboxylic acid groups (broad SMARTS) is 2. The lowest BCUT2D eigenvalue weighted by Gasteiger charge is -2.13. The molecular formula is C23H42BNO6. The van der Waals surface area contributed by atoms with Crippen LogP contribution in [0, 0.1) is 0 Å². The minimum absolute atomic E-state index is 0.0783. The summed E-state index contributed by atoms with van der Waals surface area (Å²) in [6.45, 7) is 0. The molecule has 0 heterocycles. The molecule has 0 saturated carbocycles. The van der Waals surface area contributed by atoms with Gasteiger partial charge in [0.2, 0.25) is 5.91 Å². The third-order valence-electron chi connectivity index (χ3n) is 5.46. The zero-order valence-electron chi connectivity index (χ0n) is 19.3. The molecule has 0 bridgehead atoms. The third-order valence-corrected chi connectivity index (χ3v) is 5.46. The van der Waals surface area contributed by atoms with Crippen LogP contribution in [0.3, 0.4) is 0 Å². The fourth-order valence-electron chi connectivity index (χ4n) is 3.55. The highest BCUT2D eigenvalue weighted by Crippen LogP contribution is 2.14. The molecule has 0 aliphatic rings. The first-order chi connectivity index (χ1) is 14.8. The molecule has 0 aromatic heterocycles. The highest BCUT2D eigenvalue weighted by atomic mass is 16.4. The van der Waals surface area contributed by atoms with Gasteiger partial charge in [0.05, 0.1) is 5.68 Å². The SMILES string of the molecule is BC(=O)CC[C@H](NC(=O)CCCCCCCCCCCCCCCCC(=O)O)C(=O)O. The van der Waals surface area contributed by atoms with E-state index in [-0.39, 0.29) is 24.4 Å². The lowest BCUT2D eigenvalue weighted by atomic mass is 9.95. The molecule has 8 heteroatoms. The third kappa shape index (κ3) is 21.2. The number of hydrogen-bond acceptors (Lipinski definition) is 4. The second-order valence-corrected chi connectivity index (χ2v) is 8.54. The molecule has 0 saturated heterocycles. The maximum absolute atomic E-state index is 11.9. The van der Waals surface area contributed by atoms with Crippen LogP contribution in [-0.2, 0) is 19.2 Å². The molecule has 0 unspecified atom stereocenters. The molecule has 3 N–H and O–H groups in total. The number of nitrogens with one attached hydrogen (secondary N) is 1. The molecule has 0 aliphatic heterocycles. The second-order valence-electron chi connectivity index (χ2n) is 8.54. The Hall–Kier alpha value is -1.86. The first-order valence-corrected chi connectivity index (χ1v) is 12.1. The average Bonchev–Trinajstić information content (AvgIpc) is 2.70. The number of aliphatic carboxylic acids is 2. The van der Waals surface area contributed by atoms with Gasteiger partial charge in [0, 0.05) is 12.8 Å². The Kier molecular flexibility index (Phi) is 18.9. The van der Waals surface area contributed by atoms with Gasteiger partial charge in [-0.1, -0.05) is 77.0 Å². The maximum atomic E-state index is 11.9. The van der Waals surface area contributed by atoms with Crippen molar-refractivity contribution in [2.24, 2.45) is 0 Å². The quantitative estimate of drug-likeness (QED) is 0.174. The van der Waals surface area contributed by atoms with Crippen LogP contribution in [0.15, 0.2) is 0 Å². The number of unbranched alkanes of at least 4 members (excludes halogenated alkanes) is 13. The first kappa shape index (κ1) is 29.1. The molecule has 1 atom stereocenters. The summed E-state index contributed by atoms with van der Waals surface area (Å²) >= 11 is 0. The summed E-state index contributed by atoms with van der Waals surface area (Å²) < 4.78 is 0. The van der Waals surface area contributed by atoms with Crippen LogP contribution in [0.5, 0.6) is 0 Å². The minimum atomic E-state index is -1.09. The molecular weight excluding hydrogens is 397 g/mol. The van der Waals surface area contributed by atoms with E-state index in [4.69, 9.17) is 10.2 Å². The van der Waals surface area contributed by atoms with Gasteiger partial charge in [0.1, 0.15) is 6.04 Å². The number of carbonyl (C=O) groups excluding carboxylic acids is 2. The van der Waals surface area contributed by atoms with Gasteiger partial charge < -0.3 is 20.3 Å². The Morgan fingerprint density at radius 2 is 1.00 bits per heavy atom. The van der Waals surface area contributed by atoms with E-state index in [0.29, 0.717) is 12.8 Å². The number of amides is 1. The molecule has 7 nitrogen and oxygen atoms in total. The number of carboxylic acids is 2. The number of rotatable bonds is 22. The average molecular weight is 439 g/mol. The van der Waals surface area contributed by atoms with Crippen LogP contribution < -0.4 is 5.32 Å². The summed E-state index contributed by atoms with van der Waals surface area (Å²) in [7, 11) is 1.41. The smallest absolute Gasteiger partial charge is 0.326 e. The predicted molar refractivity (Wildman–Crippen MR) is 124 cm³/mol. The van der Waals surface area contributed by atoms with Gasteiger partial charge in [-0.15, -0.1) is 0 Å². The number of hydrogen-bond donors (Lipinski definition) is 3. The molecule has 1 amide bonds. The van der Waals surface area contributed by atoms with E-state index in [1.54, 1.807) is 0 Å². The molecule has 178 valence electrons. The summed E-state index contributed by atoms with van der Waals surface area (Å²) in [4.78, 5) is 44.4. The van der Waals surface area contributed by atoms with Crippen molar-refractivity contribution in [3.8, 4) is 0 Å².